The highest BCUT2D eigenvalue weighted by Gasteiger charge is 2.27. The topological polar surface area (TPSA) is 85.6 Å². The minimum Gasteiger partial charge on any atom is -0.493 e. The van der Waals surface area contributed by atoms with Crippen molar-refractivity contribution in [2.24, 2.45) is 0 Å². The van der Waals surface area contributed by atoms with Gasteiger partial charge in [0.2, 0.25) is 17.2 Å². The molecule has 3 rings (SSSR count). The van der Waals surface area contributed by atoms with E-state index in [1.54, 1.807) is 25.3 Å². The first kappa shape index (κ1) is 20.2. The zero-order chi connectivity index (χ0) is 21.1. The van der Waals surface area contributed by atoms with Crippen LogP contribution >= 0.6 is 0 Å². The van der Waals surface area contributed by atoms with Crippen molar-refractivity contribution in [3.63, 3.8) is 0 Å². The first-order chi connectivity index (χ1) is 14.0. The zero-order valence-electron chi connectivity index (χ0n) is 17.1. The maximum Gasteiger partial charge on any atom is 0.211 e. The molecule has 29 heavy (non-hydrogen) atoms. The monoisotopic (exact) mass is 401 g/mol. The maximum atomic E-state index is 13.0. The van der Waals surface area contributed by atoms with Crippen molar-refractivity contribution in [3.8, 4) is 45.8 Å². The third-order valence-electron chi connectivity index (χ3n) is 4.48. The molecule has 2 aromatic carbocycles. The van der Waals surface area contributed by atoms with Crippen LogP contribution in [0.25, 0.3) is 22.3 Å². The Kier molecular flexibility index (Phi) is 5.72. The van der Waals surface area contributed by atoms with Crippen LogP contribution in [0.1, 0.15) is 0 Å². The summed E-state index contributed by atoms with van der Waals surface area (Å²) in [6.45, 7) is 0. The smallest absolute Gasteiger partial charge is 0.211 e. The molecule has 0 spiro atoms. The zero-order valence-corrected chi connectivity index (χ0v) is 17.1. The van der Waals surface area contributed by atoms with E-state index in [-0.39, 0.29) is 39.4 Å². The number of hydrogen-bond donors (Lipinski definition) is 0. The highest BCUT2D eigenvalue weighted by Crippen LogP contribution is 2.50. The Morgan fingerprint density at radius 2 is 1.24 bits per heavy atom. The largest absolute Gasteiger partial charge is 0.493 e. The van der Waals surface area contributed by atoms with Crippen molar-refractivity contribution >= 4 is 11.0 Å². The first-order valence-electron chi connectivity index (χ1n) is 8.60. The quantitative estimate of drug-likeness (QED) is 0.595. The maximum absolute atomic E-state index is 13.0. The van der Waals surface area contributed by atoms with Gasteiger partial charge in [-0.1, -0.05) is 0 Å². The molecule has 0 saturated heterocycles. The molecule has 0 saturated carbocycles. The fraction of sp³-hybridized carbons (Fsp3) is 0.286. The molecule has 0 N–H and O–H groups in total. The number of rotatable bonds is 7. The molecule has 3 aromatic rings. The predicted octanol–water partition coefficient (Wildman–Crippen LogP) is 3.51. The second-order valence-corrected chi connectivity index (χ2v) is 5.88. The highest BCUT2D eigenvalue weighted by atomic mass is 16.5. The van der Waals surface area contributed by atoms with E-state index in [1.807, 2.05) is 0 Å². The Hall–Kier alpha value is -3.55. The Morgan fingerprint density at radius 3 is 1.79 bits per heavy atom. The van der Waals surface area contributed by atoms with Gasteiger partial charge in [-0.3, -0.25) is 4.79 Å². The van der Waals surface area contributed by atoms with Gasteiger partial charge in [0.1, 0.15) is 11.1 Å². The lowest BCUT2D eigenvalue weighted by molar-refractivity contribution is 0.307. The fourth-order valence-electron chi connectivity index (χ4n) is 3.17. The van der Waals surface area contributed by atoms with Gasteiger partial charge in [-0.15, -0.1) is 0 Å². The normalized spacial score (nSPS) is 10.6. The number of hydrogen-bond acceptors (Lipinski definition) is 8. The molecule has 0 aliphatic heterocycles. The van der Waals surface area contributed by atoms with Gasteiger partial charge in [-0.2, -0.15) is 0 Å². The van der Waals surface area contributed by atoms with E-state index in [1.165, 1.54) is 41.6 Å². The molecule has 154 valence electrons. The molecule has 8 heteroatoms. The van der Waals surface area contributed by atoms with Crippen LogP contribution in [-0.2, 0) is 0 Å². The van der Waals surface area contributed by atoms with Gasteiger partial charge in [-0.25, -0.2) is 0 Å². The summed E-state index contributed by atoms with van der Waals surface area (Å²) in [6.07, 6.45) is 0. The van der Waals surface area contributed by atoms with Crippen molar-refractivity contribution in [2.75, 3.05) is 42.7 Å². The molecule has 0 unspecified atom stereocenters. The van der Waals surface area contributed by atoms with Crippen LogP contribution in [0.2, 0.25) is 0 Å². The molecule has 0 atom stereocenters. The van der Waals surface area contributed by atoms with Crippen LogP contribution < -0.4 is 33.8 Å². The van der Waals surface area contributed by atoms with Gasteiger partial charge in [-0.05, 0) is 18.2 Å². The SMILES string of the molecule is COc1ccc(-c2cc(=O)c3c(O[11CH3])c(OC)c(OC)c(OC)c3o2)cc1OC. The third-order valence-corrected chi connectivity index (χ3v) is 4.48. The summed E-state index contributed by atoms with van der Waals surface area (Å²) < 4.78 is 38.4. The molecule has 0 bridgehead atoms. The van der Waals surface area contributed by atoms with Crippen LogP contribution in [0.15, 0.2) is 33.5 Å². The Labute approximate surface area is 167 Å². The van der Waals surface area contributed by atoms with Gasteiger partial charge in [0.05, 0.1) is 42.7 Å². The average molecular weight is 401 g/mol. The van der Waals surface area contributed by atoms with Crippen molar-refractivity contribution < 1.29 is 32.8 Å². The second-order valence-electron chi connectivity index (χ2n) is 5.88. The molecule has 0 fully saturated rings. The van der Waals surface area contributed by atoms with E-state index in [0.717, 1.165) is 0 Å². The molecule has 1 heterocycles. The van der Waals surface area contributed by atoms with Crippen LogP contribution in [0.4, 0.5) is 0 Å². The molecular weight excluding hydrogens is 379 g/mol. The predicted molar refractivity (Wildman–Crippen MR) is 107 cm³/mol. The molecule has 0 amide bonds. The summed E-state index contributed by atoms with van der Waals surface area (Å²) in [4.78, 5) is 13.0. The van der Waals surface area contributed by atoms with E-state index < -0.39 is 0 Å². The molecule has 8 nitrogen and oxygen atoms in total. The van der Waals surface area contributed by atoms with Gasteiger partial charge in [0, 0.05) is 11.6 Å². The van der Waals surface area contributed by atoms with Crippen molar-refractivity contribution in [2.45, 2.75) is 0 Å². The van der Waals surface area contributed by atoms with E-state index >= 15 is 0 Å². The Morgan fingerprint density at radius 1 is 0.655 bits per heavy atom. The Balaban J connectivity index is 2.38. The van der Waals surface area contributed by atoms with Gasteiger partial charge >= 0.3 is 0 Å². The van der Waals surface area contributed by atoms with Crippen molar-refractivity contribution in [1.29, 1.82) is 0 Å². The minimum absolute atomic E-state index is 0.180. The Bertz CT molecular complexity index is 1100. The number of benzene rings is 2. The molecule has 0 aliphatic rings. The summed E-state index contributed by atoms with van der Waals surface area (Å²) in [5.74, 6) is 2.30. The third kappa shape index (κ3) is 3.26. The number of ether oxygens (including phenoxy) is 6. The van der Waals surface area contributed by atoms with Gasteiger partial charge < -0.3 is 32.8 Å². The second kappa shape index (κ2) is 8.22. The lowest BCUT2D eigenvalue weighted by atomic mass is 10.1. The summed E-state index contributed by atoms with van der Waals surface area (Å²) in [5.41, 5.74) is 0.476. The number of methoxy groups -OCH3 is 6. The van der Waals surface area contributed by atoms with E-state index in [2.05, 4.69) is 0 Å². The van der Waals surface area contributed by atoms with Crippen molar-refractivity contribution in [3.05, 3.63) is 34.5 Å². The van der Waals surface area contributed by atoms with E-state index in [4.69, 9.17) is 32.8 Å². The van der Waals surface area contributed by atoms with Crippen LogP contribution in [0.5, 0.6) is 34.5 Å². The minimum atomic E-state index is -0.327. The average Bonchev–Trinajstić information content (AvgIpc) is 2.76. The highest BCUT2D eigenvalue weighted by molar-refractivity contribution is 5.95. The summed E-state index contributed by atoms with van der Waals surface area (Å²) in [6, 6.07) is 6.57. The molecule has 0 radical (unpaired) electrons. The van der Waals surface area contributed by atoms with Crippen LogP contribution in [0.3, 0.4) is 0 Å². The summed E-state index contributed by atoms with van der Waals surface area (Å²) in [7, 11) is 8.87. The summed E-state index contributed by atoms with van der Waals surface area (Å²) >= 11 is 0. The van der Waals surface area contributed by atoms with Crippen LogP contribution in [0, 0.1) is 0 Å². The number of fused-ring (bicyclic) bond motifs is 1. The lowest BCUT2D eigenvalue weighted by Crippen LogP contribution is -2.07. The van der Waals surface area contributed by atoms with Crippen molar-refractivity contribution in [1.82, 2.24) is 0 Å². The summed E-state index contributed by atoms with van der Waals surface area (Å²) in [5, 5.41) is 0.186. The van der Waals surface area contributed by atoms with E-state index in [9.17, 15) is 4.79 Å². The lowest BCUT2D eigenvalue weighted by Gasteiger charge is -2.18. The van der Waals surface area contributed by atoms with Gasteiger partial charge in [0.25, 0.3) is 0 Å². The molecular formula is C21H22O8. The van der Waals surface area contributed by atoms with E-state index in [0.29, 0.717) is 22.8 Å². The van der Waals surface area contributed by atoms with Crippen LogP contribution in [-0.4, -0.2) is 42.7 Å². The molecule has 1 aromatic heterocycles. The fourth-order valence-corrected chi connectivity index (χ4v) is 3.17. The first-order valence-corrected chi connectivity index (χ1v) is 8.60. The standard InChI is InChI=1S/C21H22O8/c1-23-13-8-7-11(9-15(13)24-2)14-10-12(22)16-17(25-3)19(26-4)21(28-6)20(27-5)18(16)29-14/h7-10H,1-6H3/i3-1. The van der Waals surface area contributed by atoms with Gasteiger partial charge in [0.15, 0.2) is 28.3 Å². The molecule has 0 aliphatic carbocycles.